The van der Waals surface area contributed by atoms with Gasteiger partial charge in [0.2, 0.25) is 11.8 Å². The molecule has 0 aliphatic carbocycles. The molecular weight excluding hydrogens is 344 g/mol. The highest BCUT2D eigenvalue weighted by atomic mass is 32.2. The van der Waals surface area contributed by atoms with E-state index >= 15 is 0 Å². The van der Waals surface area contributed by atoms with Gasteiger partial charge in [0.1, 0.15) is 11.6 Å². The van der Waals surface area contributed by atoms with Crippen molar-refractivity contribution in [2.75, 3.05) is 19.8 Å². The van der Waals surface area contributed by atoms with E-state index in [0.717, 1.165) is 0 Å². The molecule has 1 heterocycles. The molecule has 1 rings (SSSR count). The zero-order valence-corrected chi connectivity index (χ0v) is 16.8. The summed E-state index contributed by atoms with van der Waals surface area (Å²) in [6, 6.07) is -0.443. The van der Waals surface area contributed by atoms with Crippen molar-refractivity contribution in [2.45, 2.75) is 57.9 Å². The minimum atomic E-state index is -0.588. The topological polar surface area (TPSA) is 97.6 Å². The molecule has 2 amide bonds. The predicted octanol–water partition coefficient (Wildman–Crippen LogP) is 2.86. The van der Waals surface area contributed by atoms with E-state index in [4.69, 9.17) is 9.15 Å². The van der Waals surface area contributed by atoms with Gasteiger partial charge in [-0.1, -0.05) is 25.6 Å². The highest BCUT2D eigenvalue weighted by Crippen LogP contribution is 2.24. The average molecular weight is 372 g/mol. The van der Waals surface area contributed by atoms with Crippen LogP contribution >= 0.6 is 11.8 Å². The van der Waals surface area contributed by atoms with Gasteiger partial charge in [-0.05, 0) is 33.1 Å². The molecule has 0 aliphatic heterocycles. The summed E-state index contributed by atoms with van der Waals surface area (Å²) in [7, 11) is 3.37. The Balaban J connectivity index is 2.76. The molecule has 1 atom stereocenters. The lowest BCUT2D eigenvalue weighted by Crippen LogP contribution is -2.35. The minimum absolute atomic E-state index is 0.0460. The van der Waals surface area contributed by atoms with E-state index in [1.165, 1.54) is 16.7 Å². The van der Waals surface area contributed by atoms with Gasteiger partial charge in [0.15, 0.2) is 0 Å². The molecule has 0 aromatic carbocycles. The van der Waals surface area contributed by atoms with Crippen LogP contribution in [0.25, 0.3) is 0 Å². The molecule has 25 heavy (non-hydrogen) atoms. The highest BCUT2D eigenvalue weighted by molar-refractivity contribution is 7.99. The van der Waals surface area contributed by atoms with Gasteiger partial charge >= 0.3 is 6.09 Å². The quantitative estimate of drug-likeness (QED) is 0.735. The van der Waals surface area contributed by atoms with E-state index in [2.05, 4.69) is 15.5 Å². The molecule has 0 saturated carbocycles. The number of amides is 2. The molecule has 0 unspecified atom stereocenters. The fourth-order valence-corrected chi connectivity index (χ4v) is 2.56. The number of carbonyl (C=O) groups excluding carboxylic acids is 2. The van der Waals surface area contributed by atoms with Gasteiger partial charge in [-0.3, -0.25) is 4.79 Å². The van der Waals surface area contributed by atoms with Crippen LogP contribution in [0.1, 0.15) is 53.0 Å². The van der Waals surface area contributed by atoms with Crippen molar-refractivity contribution < 1.29 is 18.7 Å². The van der Waals surface area contributed by atoms with Crippen LogP contribution in [0.3, 0.4) is 0 Å². The zero-order valence-electron chi connectivity index (χ0n) is 16.0. The summed E-state index contributed by atoms with van der Waals surface area (Å²) >= 11 is 1.17. The van der Waals surface area contributed by atoms with E-state index in [9.17, 15) is 9.59 Å². The summed E-state index contributed by atoms with van der Waals surface area (Å²) in [6.45, 7) is 9.46. The third-order valence-electron chi connectivity index (χ3n) is 2.94. The van der Waals surface area contributed by atoms with E-state index in [1.54, 1.807) is 34.9 Å². The van der Waals surface area contributed by atoms with Crippen LogP contribution in [0.2, 0.25) is 0 Å². The molecule has 0 spiro atoms. The van der Waals surface area contributed by atoms with Crippen molar-refractivity contribution in [2.24, 2.45) is 5.92 Å². The Morgan fingerprint density at radius 1 is 1.28 bits per heavy atom. The lowest BCUT2D eigenvalue weighted by atomic mass is 10.0. The normalized spacial score (nSPS) is 12.8. The highest BCUT2D eigenvalue weighted by Gasteiger charge is 2.25. The molecule has 142 valence electrons. The molecule has 0 fully saturated rings. The Hall–Kier alpha value is -1.77. The Bertz CT molecular complexity index is 581. The minimum Gasteiger partial charge on any atom is -0.444 e. The van der Waals surface area contributed by atoms with Crippen molar-refractivity contribution in [1.29, 1.82) is 0 Å². The van der Waals surface area contributed by atoms with Gasteiger partial charge in [0.05, 0.1) is 5.75 Å². The smallest absolute Gasteiger partial charge is 0.408 e. The lowest BCUT2D eigenvalue weighted by molar-refractivity contribution is -0.125. The van der Waals surface area contributed by atoms with Crippen LogP contribution in [0.4, 0.5) is 4.79 Å². The van der Waals surface area contributed by atoms with Gasteiger partial charge in [-0.15, -0.1) is 10.2 Å². The largest absolute Gasteiger partial charge is 0.444 e. The average Bonchev–Trinajstić information content (AvgIpc) is 2.90. The Morgan fingerprint density at radius 2 is 1.92 bits per heavy atom. The lowest BCUT2D eigenvalue weighted by Gasteiger charge is -2.22. The van der Waals surface area contributed by atoms with Crippen molar-refractivity contribution in [3.63, 3.8) is 0 Å². The molecule has 1 N–H and O–H groups in total. The molecule has 0 aliphatic rings. The molecular formula is C16H28N4O4S. The van der Waals surface area contributed by atoms with Crippen molar-refractivity contribution in [3.05, 3.63) is 5.89 Å². The van der Waals surface area contributed by atoms with Gasteiger partial charge in [0.25, 0.3) is 5.22 Å². The molecule has 0 bridgehead atoms. The number of hydrogen-bond donors (Lipinski definition) is 1. The summed E-state index contributed by atoms with van der Waals surface area (Å²) in [4.78, 5) is 25.2. The number of ether oxygens (including phenoxy) is 1. The molecule has 8 nitrogen and oxygen atoms in total. The predicted molar refractivity (Wildman–Crippen MR) is 95.3 cm³/mol. The summed E-state index contributed by atoms with van der Waals surface area (Å²) in [5.74, 6) is 0.774. The molecule has 0 saturated heterocycles. The fourth-order valence-electron chi connectivity index (χ4n) is 1.81. The van der Waals surface area contributed by atoms with E-state index in [-0.39, 0.29) is 11.7 Å². The second kappa shape index (κ2) is 9.07. The molecule has 0 radical (unpaired) electrons. The van der Waals surface area contributed by atoms with Crippen molar-refractivity contribution >= 4 is 23.8 Å². The van der Waals surface area contributed by atoms with Crippen LogP contribution in [0.5, 0.6) is 0 Å². The Morgan fingerprint density at radius 3 is 2.44 bits per heavy atom. The van der Waals surface area contributed by atoms with E-state index in [0.29, 0.717) is 23.5 Å². The molecule has 1 aromatic rings. The number of carbonyl (C=O) groups is 2. The third-order valence-corrected chi connectivity index (χ3v) is 3.74. The number of rotatable bonds is 7. The second-order valence-electron chi connectivity index (χ2n) is 7.31. The van der Waals surface area contributed by atoms with Crippen LogP contribution in [-0.2, 0) is 9.53 Å². The van der Waals surface area contributed by atoms with Crippen LogP contribution in [0, 0.1) is 5.92 Å². The summed E-state index contributed by atoms with van der Waals surface area (Å²) in [6.07, 6.45) is 0.0932. The van der Waals surface area contributed by atoms with Crippen LogP contribution in [-0.4, -0.2) is 52.5 Å². The van der Waals surface area contributed by atoms with Crippen LogP contribution in [0.15, 0.2) is 9.64 Å². The fraction of sp³-hybridized carbons (Fsp3) is 0.750. The van der Waals surface area contributed by atoms with E-state index in [1.807, 2.05) is 13.8 Å². The second-order valence-corrected chi connectivity index (χ2v) is 8.24. The number of alkyl carbamates (subject to hydrolysis) is 1. The number of aromatic nitrogens is 2. The van der Waals surface area contributed by atoms with Gasteiger partial charge < -0.3 is 19.4 Å². The summed E-state index contributed by atoms with van der Waals surface area (Å²) < 4.78 is 10.9. The molecule has 1 aromatic heterocycles. The third kappa shape index (κ3) is 8.24. The standard InChI is InChI=1S/C16H28N4O4S/c1-10(2)8-11(17-14(22)24-16(3,4)5)13-18-19-15(23-13)25-9-12(21)20(6)7/h10-11H,8-9H2,1-7H3,(H,17,22)/t11-/m1/s1. The zero-order chi connectivity index (χ0) is 19.2. The van der Waals surface area contributed by atoms with Crippen LogP contribution < -0.4 is 5.32 Å². The SMILES string of the molecule is CC(C)C[C@@H](NC(=O)OC(C)(C)C)c1nnc(SCC(=O)N(C)C)o1. The maximum absolute atomic E-state index is 12.0. The molecule has 9 heteroatoms. The maximum atomic E-state index is 12.0. The number of hydrogen-bond acceptors (Lipinski definition) is 7. The monoisotopic (exact) mass is 372 g/mol. The Kier molecular flexibility index (Phi) is 7.72. The first kappa shape index (κ1) is 21.3. The first-order valence-corrected chi connectivity index (χ1v) is 9.12. The van der Waals surface area contributed by atoms with Crippen molar-refractivity contribution in [1.82, 2.24) is 20.4 Å². The first-order chi connectivity index (χ1) is 11.5. The van der Waals surface area contributed by atoms with Gasteiger partial charge in [-0.2, -0.15) is 0 Å². The Labute approximate surface area is 153 Å². The maximum Gasteiger partial charge on any atom is 0.408 e. The van der Waals surface area contributed by atoms with E-state index < -0.39 is 17.7 Å². The number of nitrogens with one attached hydrogen (secondary N) is 1. The number of thioether (sulfide) groups is 1. The van der Waals surface area contributed by atoms with Crippen molar-refractivity contribution in [3.8, 4) is 0 Å². The summed E-state index contributed by atoms with van der Waals surface area (Å²) in [5, 5.41) is 11.0. The summed E-state index contributed by atoms with van der Waals surface area (Å²) in [5.41, 5.74) is -0.588. The van der Waals surface area contributed by atoms with Gasteiger partial charge in [-0.25, -0.2) is 4.79 Å². The van der Waals surface area contributed by atoms with Gasteiger partial charge in [0, 0.05) is 14.1 Å². The first-order valence-electron chi connectivity index (χ1n) is 8.13. The number of nitrogens with zero attached hydrogens (tertiary/aromatic N) is 3.